The van der Waals surface area contributed by atoms with Crippen molar-refractivity contribution in [3.63, 3.8) is 0 Å². The van der Waals surface area contributed by atoms with Gasteiger partial charge in [0.1, 0.15) is 18.1 Å². The number of hydrogen-bond donors (Lipinski definition) is 1. The predicted octanol–water partition coefficient (Wildman–Crippen LogP) is 4.47. The van der Waals surface area contributed by atoms with Crippen LogP contribution in [0, 0.1) is 0 Å². The lowest BCUT2D eigenvalue weighted by molar-refractivity contribution is -0.113. The minimum Gasteiger partial charge on any atom is -0.488 e. The Morgan fingerprint density at radius 3 is 2.83 bits per heavy atom. The average molecular weight is 396 g/mol. The lowest BCUT2D eigenvalue weighted by atomic mass is 10.1. The lowest BCUT2D eigenvalue weighted by Crippen LogP contribution is -2.21. The van der Waals surface area contributed by atoms with E-state index in [-0.39, 0.29) is 18.0 Å². The van der Waals surface area contributed by atoms with E-state index in [2.05, 4.69) is 26.0 Å². The van der Waals surface area contributed by atoms with Crippen LogP contribution >= 0.6 is 15.9 Å². The highest BCUT2D eigenvalue weighted by atomic mass is 79.9. The molecule has 1 N–H and O–H groups in total. The van der Waals surface area contributed by atoms with Gasteiger partial charge in [0.25, 0.3) is 5.91 Å². The van der Waals surface area contributed by atoms with Crippen LogP contribution in [-0.4, -0.2) is 19.1 Å². The van der Waals surface area contributed by atoms with Crippen molar-refractivity contribution in [2.75, 3.05) is 11.9 Å². The molecule has 0 fully saturated rings. The van der Waals surface area contributed by atoms with E-state index >= 15 is 0 Å². The molecular formula is C17H12BrF2NO3. The average Bonchev–Trinajstić information content (AvgIpc) is 2.55. The minimum atomic E-state index is -2.97. The van der Waals surface area contributed by atoms with Crippen LogP contribution < -0.4 is 14.8 Å². The quantitative estimate of drug-likeness (QED) is 0.830. The van der Waals surface area contributed by atoms with Gasteiger partial charge in [-0.1, -0.05) is 28.1 Å². The second-order valence-corrected chi connectivity index (χ2v) is 5.88. The highest BCUT2D eigenvalue weighted by molar-refractivity contribution is 9.10. The van der Waals surface area contributed by atoms with E-state index in [1.807, 2.05) is 12.1 Å². The van der Waals surface area contributed by atoms with Gasteiger partial charge in [-0.3, -0.25) is 4.79 Å². The summed E-state index contributed by atoms with van der Waals surface area (Å²) in [5.74, 6) is 0.142. The molecule has 0 spiro atoms. The number of carbonyl (C=O) groups excluding carboxylic acids is 1. The van der Waals surface area contributed by atoms with Crippen LogP contribution in [-0.2, 0) is 4.79 Å². The molecule has 124 valence electrons. The topological polar surface area (TPSA) is 47.6 Å². The Kier molecular flexibility index (Phi) is 4.80. The van der Waals surface area contributed by atoms with Gasteiger partial charge in [0.05, 0.1) is 11.3 Å². The van der Waals surface area contributed by atoms with Gasteiger partial charge in [0.2, 0.25) is 0 Å². The van der Waals surface area contributed by atoms with Crippen LogP contribution in [0.2, 0.25) is 0 Å². The third kappa shape index (κ3) is 3.73. The van der Waals surface area contributed by atoms with Crippen molar-refractivity contribution in [2.45, 2.75) is 6.61 Å². The van der Waals surface area contributed by atoms with Gasteiger partial charge in [-0.2, -0.15) is 8.78 Å². The number of benzene rings is 2. The Morgan fingerprint density at radius 2 is 2.04 bits per heavy atom. The fraction of sp³-hybridized carbons (Fsp3) is 0.118. The number of fused-ring (bicyclic) bond motifs is 1. The maximum atomic E-state index is 12.4. The second kappa shape index (κ2) is 7.00. The zero-order valence-electron chi connectivity index (χ0n) is 12.3. The standard InChI is InChI=1S/C17H12BrF2NO3/c18-12-5-6-14-10(8-12)7-11(9-23-14)16(22)21-13-3-1-2-4-15(13)24-17(19)20/h1-8,17H,9H2,(H,21,22). The Bertz CT molecular complexity index is 808. The Labute approximate surface area is 145 Å². The molecule has 0 unspecified atom stereocenters. The molecule has 0 aliphatic carbocycles. The first-order chi connectivity index (χ1) is 11.5. The number of carbonyl (C=O) groups is 1. The van der Waals surface area contributed by atoms with Crippen LogP contribution in [0.15, 0.2) is 52.5 Å². The van der Waals surface area contributed by atoms with Gasteiger partial charge in [-0.05, 0) is 36.4 Å². The molecule has 1 aliphatic heterocycles. The van der Waals surface area contributed by atoms with E-state index in [0.29, 0.717) is 11.3 Å². The number of para-hydroxylation sites is 2. The minimum absolute atomic E-state index is 0.0956. The van der Waals surface area contributed by atoms with Gasteiger partial charge in [0.15, 0.2) is 0 Å². The summed E-state index contributed by atoms with van der Waals surface area (Å²) < 4.78 is 35.7. The van der Waals surface area contributed by atoms with E-state index in [4.69, 9.17) is 4.74 Å². The van der Waals surface area contributed by atoms with Crippen LogP contribution in [0.1, 0.15) is 5.56 Å². The third-order valence-electron chi connectivity index (χ3n) is 3.33. The summed E-state index contributed by atoms with van der Waals surface area (Å²) >= 11 is 3.36. The molecule has 24 heavy (non-hydrogen) atoms. The van der Waals surface area contributed by atoms with E-state index in [9.17, 15) is 13.6 Å². The number of nitrogens with one attached hydrogen (secondary N) is 1. The first kappa shape index (κ1) is 16.4. The molecule has 1 heterocycles. The van der Waals surface area contributed by atoms with Crippen molar-refractivity contribution in [2.24, 2.45) is 0 Å². The normalized spacial score (nSPS) is 12.9. The van der Waals surface area contributed by atoms with E-state index in [1.165, 1.54) is 12.1 Å². The lowest BCUT2D eigenvalue weighted by Gasteiger charge is -2.18. The first-order valence-electron chi connectivity index (χ1n) is 7.01. The number of halogens is 3. The number of ether oxygens (including phenoxy) is 2. The molecule has 1 aliphatic rings. The fourth-order valence-electron chi connectivity index (χ4n) is 2.25. The van der Waals surface area contributed by atoms with Crippen LogP contribution in [0.3, 0.4) is 0 Å². The highest BCUT2D eigenvalue weighted by Crippen LogP contribution is 2.30. The Hall–Kier alpha value is -2.41. The molecule has 0 saturated heterocycles. The van der Waals surface area contributed by atoms with Crippen LogP contribution in [0.4, 0.5) is 14.5 Å². The van der Waals surface area contributed by atoms with E-state index < -0.39 is 12.5 Å². The number of alkyl halides is 2. The smallest absolute Gasteiger partial charge is 0.387 e. The van der Waals surface area contributed by atoms with Gasteiger partial charge in [-0.25, -0.2) is 0 Å². The molecule has 1 amide bonds. The van der Waals surface area contributed by atoms with Crippen molar-refractivity contribution in [1.82, 2.24) is 0 Å². The molecule has 0 saturated carbocycles. The third-order valence-corrected chi connectivity index (χ3v) is 3.82. The molecule has 0 bridgehead atoms. The van der Waals surface area contributed by atoms with Gasteiger partial charge in [-0.15, -0.1) is 0 Å². The molecule has 2 aromatic rings. The summed E-state index contributed by atoms with van der Waals surface area (Å²) in [7, 11) is 0. The summed E-state index contributed by atoms with van der Waals surface area (Å²) in [5, 5.41) is 2.57. The van der Waals surface area contributed by atoms with Gasteiger partial charge >= 0.3 is 6.61 Å². The van der Waals surface area contributed by atoms with Gasteiger partial charge in [0, 0.05) is 10.0 Å². The largest absolute Gasteiger partial charge is 0.488 e. The molecular weight excluding hydrogens is 384 g/mol. The number of amides is 1. The molecule has 7 heteroatoms. The van der Waals surface area contributed by atoms with E-state index in [1.54, 1.807) is 24.3 Å². The zero-order valence-corrected chi connectivity index (χ0v) is 13.8. The predicted molar refractivity (Wildman–Crippen MR) is 89.3 cm³/mol. The maximum absolute atomic E-state index is 12.4. The summed E-state index contributed by atoms with van der Waals surface area (Å²) in [6.07, 6.45) is 1.70. The zero-order chi connectivity index (χ0) is 17.1. The van der Waals surface area contributed by atoms with Gasteiger partial charge < -0.3 is 14.8 Å². The summed E-state index contributed by atoms with van der Waals surface area (Å²) in [5.41, 5.74) is 1.31. The highest BCUT2D eigenvalue weighted by Gasteiger charge is 2.19. The van der Waals surface area contributed by atoms with Crippen molar-refractivity contribution in [1.29, 1.82) is 0 Å². The molecule has 4 nitrogen and oxygen atoms in total. The summed E-state index contributed by atoms with van der Waals surface area (Å²) in [6.45, 7) is -2.87. The molecule has 2 aromatic carbocycles. The monoisotopic (exact) mass is 395 g/mol. The number of anilines is 1. The molecule has 0 radical (unpaired) electrons. The van der Waals surface area contributed by atoms with Crippen LogP contribution in [0.25, 0.3) is 6.08 Å². The molecule has 0 aromatic heterocycles. The second-order valence-electron chi connectivity index (χ2n) is 4.97. The summed E-state index contributed by atoms with van der Waals surface area (Å²) in [6, 6.07) is 11.5. The van der Waals surface area contributed by atoms with Crippen LogP contribution in [0.5, 0.6) is 11.5 Å². The van der Waals surface area contributed by atoms with E-state index in [0.717, 1.165) is 10.0 Å². The Balaban J connectivity index is 1.81. The molecule has 0 atom stereocenters. The Morgan fingerprint density at radius 1 is 1.25 bits per heavy atom. The fourth-order valence-corrected chi connectivity index (χ4v) is 2.63. The maximum Gasteiger partial charge on any atom is 0.387 e. The van der Waals surface area contributed by atoms with Crippen molar-refractivity contribution in [3.8, 4) is 11.5 Å². The first-order valence-corrected chi connectivity index (χ1v) is 7.80. The van der Waals surface area contributed by atoms with Crippen molar-refractivity contribution >= 4 is 33.6 Å². The number of hydrogen-bond acceptors (Lipinski definition) is 3. The number of rotatable bonds is 4. The SMILES string of the molecule is O=C(Nc1ccccc1OC(F)F)C1=Cc2cc(Br)ccc2OC1. The van der Waals surface area contributed by atoms with Crippen molar-refractivity contribution in [3.05, 3.63) is 58.1 Å². The molecule has 3 rings (SSSR count). The van der Waals surface area contributed by atoms with Crippen molar-refractivity contribution < 1.29 is 23.0 Å². The summed E-state index contributed by atoms with van der Waals surface area (Å²) in [4.78, 5) is 12.4.